The van der Waals surface area contributed by atoms with E-state index in [1.54, 1.807) is 12.1 Å². The van der Waals surface area contributed by atoms with Crippen molar-refractivity contribution in [1.29, 1.82) is 0 Å². The Morgan fingerprint density at radius 2 is 1.73 bits per heavy atom. The molecule has 1 atom stereocenters. The Hall–Kier alpha value is -2.66. The molecule has 1 saturated heterocycles. The van der Waals surface area contributed by atoms with E-state index in [1.807, 2.05) is 26.0 Å². The zero-order valence-electron chi connectivity index (χ0n) is 18.3. The summed E-state index contributed by atoms with van der Waals surface area (Å²) in [6.45, 7) is 8.84. The van der Waals surface area contributed by atoms with Gasteiger partial charge in [-0.15, -0.1) is 0 Å². The SMILES string of the molecule is CC[C@H](C)NC(=O)c1ccccc1NC(=O)C1CCN(Cc2ccc(C)cc2)CC1. The summed E-state index contributed by atoms with van der Waals surface area (Å²) in [7, 11) is 0. The number of nitrogens with zero attached hydrogens (tertiary/aromatic N) is 1. The summed E-state index contributed by atoms with van der Waals surface area (Å²) in [5, 5.41) is 5.98. The lowest BCUT2D eigenvalue weighted by Crippen LogP contribution is -2.38. The van der Waals surface area contributed by atoms with Crippen LogP contribution in [0.1, 0.15) is 54.6 Å². The Balaban J connectivity index is 1.55. The van der Waals surface area contributed by atoms with Crippen LogP contribution in [0.25, 0.3) is 0 Å². The van der Waals surface area contributed by atoms with Crippen molar-refractivity contribution in [3.63, 3.8) is 0 Å². The lowest BCUT2D eigenvalue weighted by atomic mass is 9.95. The lowest BCUT2D eigenvalue weighted by molar-refractivity contribution is -0.121. The number of para-hydroxylation sites is 1. The second-order valence-corrected chi connectivity index (χ2v) is 8.35. The van der Waals surface area contributed by atoms with Gasteiger partial charge in [0.2, 0.25) is 5.91 Å². The van der Waals surface area contributed by atoms with E-state index < -0.39 is 0 Å². The Bertz CT molecular complexity index is 855. The molecule has 5 nitrogen and oxygen atoms in total. The van der Waals surface area contributed by atoms with Crippen LogP contribution in [0.2, 0.25) is 0 Å². The van der Waals surface area contributed by atoms with Crippen LogP contribution >= 0.6 is 0 Å². The van der Waals surface area contributed by atoms with Gasteiger partial charge in [-0.2, -0.15) is 0 Å². The topological polar surface area (TPSA) is 61.4 Å². The fourth-order valence-electron chi connectivity index (χ4n) is 3.73. The second-order valence-electron chi connectivity index (χ2n) is 8.35. The van der Waals surface area contributed by atoms with E-state index in [9.17, 15) is 9.59 Å². The number of amides is 2. The molecule has 2 amide bonds. The maximum atomic E-state index is 12.9. The number of likely N-dealkylation sites (tertiary alicyclic amines) is 1. The van der Waals surface area contributed by atoms with E-state index in [2.05, 4.69) is 46.7 Å². The van der Waals surface area contributed by atoms with Crippen LogP contribution in [0.5, 0.6) is 0 Å². The molecule has 0 unspecified atom stereocenters. The minimum absolute atomic E-state index is 0.00813. The van der Waals surface area contributed by atoms with Crippen molar-refractivity contribution in [2.45, 2.75) is 52.6 Å². The first-order chi connectivity index (χ1) is 14.5. The first kappa shape index (κ1) is 22.0. The standard InChI is InChI=1S/C25H33N3O2/c1-4-19(3)26-25(30)22-7-5-6-8-23(22)27-24(29)21-13-15-28(16-14-21)17-20-11-9-18(2)10-12-20/h5-12,19,21H,4,13-17H2,1-3H3,(H,26,30)(H,27,29)/t19-/m0/s1. The highest BCUT2D eigenvalue weighted by Gasteiger charge is 2.26. The van der Waals surface area contributed by atoms with Gasteiger partial charge < -0.3 is 10.6 Å². The van der Waals surface area contributed by atoms with E-state index in [0.29, 0.717) is 11.3 Å². The van der Waals surface area contributed by atoms with E-state index >= 15 is 0 Å². The maximum absolute atomic E-state index is 12.9. The molecule has 1 fully saturated rings. The third-order valence-electron chi connectivity index (χ3n) is 5.90. The average molecular weight is 408 g/mol. The number of benzene rings is 2. The van der Waals surface area contributed by atoms with Gasteiger partial charge in [0.15, 0.2) is 0 Å². The number of nitrogens with one attached hydrogen (secondary N) is 2. The smallest absolute Gasteiger partial charge is 0.253 e. The minimum Gasteiger partial charge on any atom is -0.350 e. The quantitative estimate of drug-likeness (QED) is 0.716. The molecular weight excluding hydrogens is 374 g/mol. The lowest BCUT2D eigenvalue weighted by Gasteiger charge is -2.31. The molecule has 0 saturated carbocycles. The van der Waals surface area contributed by atoms with Gasteiger partial charge in [-0.3, -0.25) is 14.5 Å². The molecule has 160 valence electrons. The van der Waals surface area contributed by atoms with Gasteiger partial charge in [0, 0.05) is 18.5 Å². The summed E-state index contributed by atoms with van der Waals surface area (Å²) in [4.78, 5) is 27.8. The van der Waals surface area contributed by atoms with Crippen molar-refractivity contribution in [3.05, 3.63) is 65.2 Å². The van der Waals surface area contributed by atoms with Crippen molar-refractivity contribution in [2.75, 3.05) is 18.4 Å². The fourth-order valence-corrected chi connectivity index (χ4v) is 3.73. The molecule has 1 heterocycles. The van der Waals surface area contributed by atoms with Gasteiger partial charge in [0.05, 0.1) is 11.3 Å². The fraction of sp³-hybridized carbons (Fsp3) is 0.440. The number of carbonyl (C=O) groups excluding carboxylic acids is 2. The van der Waals surface area contributed by atoms with Gasteiger partial charge in [0.1, 0.15) is 0 Å². The molecule has 0 spiro atoms. The number of carbonyl (C=O) groups is 2. The molecule has 3 rings (SSSR count). The van der Waals surface area contributed by atoms with Gasteiger partial charge >= 0.3 is 0 Å². The molecule has 30 heavy (non-hydrogen) atoms. The van der Waals surface area contributed by atoms with E-state index in [4.69, 9.17) is 0 Å². The minimum atomic E-state index is -0.145. The zero-order chi connectivity index (χ0) is 21.5. The number of anilines is 1. The number of piperidine rings is 1. The largest absolute Gasteiger partial charge is 0.350 e. The van der Waals surface area contributed by atoms with Crippen molar-refractivity contribution in [1.82, 2.24) is 10.2 Å². The zero-order valence-corrected chi connectivity index (χ0v) is 18.3. The number of rotatable bonds is 7. The van der Waals surface area contributed by atoms with E-state index in [0.717, 1.165) is 38.9 Å². The summed E-state index contributed by atoms with van der Waals surface area (Å²) >= 11 is 0. The molecule has 2 aromatic carbocycles. The Morgan fingerprint density at radius 1 is 1.07 bits per heavy atom. The summed E-state index contributed by atoms with van der Waals surface area (Å²) in [5.41, 5.74) is 3.69. The normalized spacial score (nSPS) is 16.1. The third kappa shape index (κ3) is 5.92. The molecule has 2 N–H and O–H groups in total. The summed E-state index contributed by atoms with van der Waals surface area (Å²) in [5.74, 6) is -0.160. The monoisotopic (exact) mass is 407 g/mol. The Morgan fingerprint density at radius 3 is 2.40 bits per heavy atom. The van der Waals surface area contributed by atoms with Crippen molar-refractivity contribution in [2.24, 2.45) is 5.92 Å². The van der Waals surface area contributed by atoms with Crippen molar-refractivity contribution in [3.8, 4) is 0 Å². The molecule has 1 aliphatic heterocycles. The average Bonchev–Trinajstić information content (AvgIpc) is 2.76. The van der Waals surface area contributed by atoms with Gasteiger partial charge in [-0.1, -0.05) is 48.9 Å². The number of aryl methyl sites for hydroxylation is 1. The Kier molecular flexibility index (Phi) is 7.63. The van der Waals surface area contributed by atoms with Crippen LogP contribution in [0, 0.1) is 12.8 Å². The van der Waals surface area contributed by atoms with Crippen LogP contribution < -0.4 is 10.6 Å². The predicted molar refractivity (Wildman–Crippen MR) is 121 cm³/mol. The Labute approximate surface area is 179 Å². The van der Waals surface area contributed by atoms with Crippen LogP contribution in [0.3, 0.4) is 0 Å². The molecule has 0 radical (unpaired) electrons. The van der Waals surface area contributed by atoms with Crippen molar-refractivity contribution >= 4 is 17.5 Å². The summed E-state index contributed by atoms with van der Waals surface area (Å²) in [6, 6.07) is 16.0. The van der Waals surface area contributed by atoms with Gasteiger partial charge in [0.25, 0.3) is 5.91 Å². The van der Waals surface area contributed by atoms with E-state index in [1.165, 1.54) is 11.1 Å². The highest BCUT2D eigenvalue weighted by atomic mass is 16.2. The van der Waals surface area contributed by atoms with Crippen LogP contribution in [-0.4, -0.2) is 35.8 Å². The molecule has 2 aromatic rings. The third-order valence-corrected chi connectivity index (χ3v) is 5.90. The van der Waals surface area contributed by atoms with Gasteiger partial charge in [-0.25, -0.2) is 0 Å². The van der Waals surface area contributed by atoms with Crippen molar-refractivity contribution < 1.29 is 9.59 Å². The molecule has 0 aromatic heterocycles. The number of hydrogen-bond acceptors (Lipinski definition) is 3. The predicted octanol–water partition coefficient (Wildman–Crippen LogP) is 4.37. The highest BCUT2D eigenvalue weighted by molar-refractivity contribution is 6.04. The molecule has 5 heteroatoms. The second kappa shape index (κ2) is 10.4. The van der Waals surface area contributed by atoms with Crippen LogP contribution in [0.4, 0.5) is 5.69 Å². The molecular formula is C25H33N3O2. The maximum Gasteiger partial charge on any atom is 0.253 e. The molecule has 0 bridgehead atoms. The van der Waals surface area contributed by atoms with E-state index in [-0.39, 0.29) is 23.8 Å². The number of hydrogen-bond donors (Lipinski definition) is 2. The first-order valence-electron chi connectivity index (χ1n) is 10.9. The summed E-state index contributed by atoms with van der Waals surface area (Å²) < 4.78 is 0. The van der Waals surface area contributed by atoms with Crippen LogP contribution in [0.15, 0.2) is 48.5 Å². The highest BCUT2D eigenvalue weighted by Crippen LogP contribution is 2.23. The van der Waals surface area contributed by atoms with Gasteiger partial charge in [-0.05, 0) is 63.9 Å². The first-order valence-corrected chi connectivity index (χ1v) is 10.9. The van der Waals surface area contributed by atoms with Crippen LogP contribution in [-0.2, 0) is 11.3 Å². The summed E-state index contributed by atoms with van der Waals surface area (Å²) in [6.07, 6.45) is 2.53. The molecule has 1 aliphatic rings. The molecule has 0 aliphatic carbocycles.